The molecule has 2 N–H and O–H groups in total. The fourth-order valence-corrected chi connectivity index (χ4v) is 4.35. The number of methoxy groups -OCH3 is 1. The zero-order valence-corrected chi connectivity index (χ0v) is 20.5. The average Bonchev–Trinajstić information content (AvgIpc) is 3.53. The van der Waals surface area contributed by atoms with Crippen LogP contribution in [0.15, 0.2) is 55.0 Å². The van der Waals surface area contributed by atoms with E-state index in [0.29, 0.717) is 53.4 Å². The molecule has 1 aliphatic heterocycles. The van der Waals surface area contributed by atoms with Gasteiger partial charge in [0.2, 0.25) is 5.95 Å². The van der Waals surface area contributed by atoms with E-state index in [9.17, 15) is 9.90 Å². The van der Waals surface area contributed by atoms with Crippen molar-refractivity contribution in [2.45, 2.75) is 25.6 Å². The number of hydrogen-bond acceptors (Lipinski definition) is 8. The van der Waals surface area contributed by atoms with Crippen molar-refractivity contribution >= 4 is 34.8 Å². The van der Waals surface area contributed by atoms with Crippen LogP contribution in [0.1, 0.15) is 13.3 Å². The molecule has 3 aromatic heterocycles. The first-order chi connectivity index (χ1) is 17.4. The Balaban J connectivity index is 1.33. The number of pyridine rings is 1. The zero-order valence-electron chi connectivity index (χ0n) is 19.8. The summed E-state index contributed by atoms with van der Waals surface area (Å²) in [6.07, 6.45) is 4.67. The minimum absolute atomic E-state index is 0.163. The molecule has 1 fully saturated rings. The normalized spacial score (nSPS) is 16.2. The molecule has 2 atom stereocenters. The van der Waals surface area contributed by atoms with Crippen LogP contribution >= 0.6 is 11.6 Å². The van der Waals surface area contributed by atoms with Crippen LogP contribution in [0.5, 0.6) is 11.5 Å². The van der Waals surface area contributed by atoms with E-state index in [1.54, 1.807) is 30.5 Å². The number of halogens is 1. The third kappa shape index (κ3) is 4.77. The number of aliphatic hydroxyl groups is 1. The number of hydrogen-bond donors (Lipinski definition) is 2. The van der Waals surface area contributed by atoms with Crippen LogP contribution in [0.25, 0.3) is 17.0 Å². The molecule has 11 heteroatoms. The maximum absolute atomic E-state index is 12.0. The van der Waals surface area contributed by atoms with Crippen molar-refractivity contribution in [3.63, 3.8) is 0 Å². The summed E-state index contributed by atoms with van der Waals surface area (Å²) in [5, 5.41) is 13.1. The van der Waals surface area contributed by atoms with E-state index in [4.69, 9.17) is 21.1 Å². The molecule has 36 heavy (non-hydrogen) atoms. The molecule has 10 nitrogen and oxygen atoms in total. The number of aliphatic hydroxyl groups excluding tert-OH is 1. The van der Waals surface area contributed by atoms with Gasteiger partial charge in [-0.1, -0.05) is 17.7 Å². The lowest BCUT2D eigenvalue weighted by molar-refractivity contribution is -0.138. The Hall–Kier alpha value is -3.89. The Labute approximate surface area is 212 Å². The van der Waals surface area contributed by atoms with Gasteiger partial charge in [-0.15, -0.1) is 0 Å². The van der Waals surface area contributed by atoms with Crippen LogP contribution in [0.2, 0.25) is 5.02 Å². The number of fused-ring (bicyclic) bond motifs is 1. The lowest BCUT2D eigenvalue weighted by atomic mass is 10.2. The van der Waals surface area contributed by atoms with E-state index < -0.39 is 6.10 Å². The highest BCUT2D eigenvalue weighted by Gasteiger charge is 2.29. The molecule has 4 aromatic rings. The second-order valence-electron chi connectivity index (χ2n) is 8.44. The maximum Gasteiger partial charge on any atom is 0.251 e. The molecular formula is C25H25ClN6O4. The van der Waals surface area contributed by atoms with Crippen LogP contribution in [0.3, 0.4) is 0 Å². The van der Waals surface area contributed by atoms with Gasteiger partial charge in [0, 0.05) is 25.2 Å². The van der Waals surface area contributed by atoms with Crippen molar-refractivity contribution in [1.82, 2.24) is 24.3 Å². The summed E-state index contributed by atoms with van der Waals surface area (Å²) in [6.45, 7) is 2.45. The smallest absolute Gasteiger partial charge is 0.251 e. The summed E-state index contributed by atoms with van der Waals surface area (Å²) < 4.78 is 13.5. The number of rotatable bonds is 7. The zero-order chi connectivity index (χ0) is 25.2. The Bertz CT molecular complexity index is 1410. The van der Waals surface area contributed by atoms with Gasteiger partial charge in [-0.2, -0.15) is 0 Å². The highest BCUT2D eigenvalue weighted by atomic mass is 35.5. The van der Waals surface area contributed by atoms with Crippen LogP contribution < -0.4 is 14.8 Å². The first-order valence-electron chi connectivity index (χ1n) is 11.5. The molecule has 1 saturated heterocycles. The maximum atomic E-state index is 12.0. The van der Waals surface area contributed by atoms with Crippen LogP contribution in [0, 0.1) is 0 Å². The number of imidazole rings is 1. The summed E-state index contributed by atoms with van der Waals surface area (Å²) in [4.78, 5) is 27.0. The van der Waals surface area contributed by atoms with Gasteiger partial charge >= 0.3 is 0 Å². The summed E-state index contributed by atoms with van der Waals surface area (Å²) in [7, 11) is 1.56. The number of amides is 1. The monoisotopic (exact) mass is 508 g/mol. The molecule has 5 rings (SSSR count). The molecule has 1 amide bonds. The minimum Gasteiger partial charge on any atom is -0.494 e. The number of anilines is 2. The topological polar surface area (TPSA) is 114 Å². The van der Waals surface area contributed by atoms with Crippen molar-refractivity contribution in [3.8, 4) is 22.9 Å². The van der Waals surface area contributed by atoms with E-state index in [0.717, 1.165) is 11.3 Å². The molecule has 186 valence electrons. The molecule has 1 aromatic carbocycles. The molecule has 0 aliphatic carbocycles. The van der Waals surface area contributed by atoms with Crippen molar-refractivity contribution in [2.24, 2.45) is 0 Å². The molecule has 0 spiro atoms. The standard InChI is InChI=1S/C25H25ClN6O4/c1-15(33)24(34)31-10-8-17(14-31)36-16-6-7-19(21(11-16)35-2)29-25-28-12-18(26)23(30-25)20-13-27-22-5-3-4-9-32(20)22/h3-7,9,11-13,15,17,33H,8,10,14H2,1-2H3,(H,28,29,30)/t15?,17-/m0/s1. The Kier molecular flexibility index (Phi) is 6.62. The van der Waals surface area contributed by atoms with Crippen LogP contribution in [0.4, 0.5) is 11.6 Å². The second-order valence-corrected chi connectivity index (χ2v) is 8.85. The predicted octanol–water partition coefficient (Wildman–Crippen LogP) is 3.56. The molecule has 0 bridgehead atoms. The lowest BCUT2D eigenvalue weighted by Crippen LogP contribution is -2.37. The predicted molar refractivity (Wildman–Crippen MR) is 135 cm³/mol. The van der Waals surface area contributed by atoms with Crippen molar-refractivity contribution in [2.75, 3.05) is 25.5 Å². The first kappa shape index (κ1) is 23.8. The van der Waals surface area contributed by atoms with Gasteiger partial charge in [0.25, 0.3) is 5.91 Å². The molecular weight excluding hydrogens is 484 g/mol. The Morgan fingerprint density at radius 1 is 1.25 bits per heavy atom. The summed E-state index contributed by atoms with van der Waals surface area (Å²) >= 11 is 6.42. The number of nitrogens with zero attached hydrogens (tertiary/aromatic N) is 5. The van der Waals surface area contributed by atoms with Crippen molar-refractivity contribution < 1.29 is 19.4 Å². The fourth-order valence-electron chi connectivity index (χ4n) is 4.16. The van der Waals surface area contributed by atoms with Gasteiger partial charge in [0.1, 0.15) is 35.0 Å². The quantitative estimate of drug-likeness (QED) is 0.389. The minimum atomic E-state index is -1.02. The van der Waals surface area contributed by atoms with Gasteiger partial charge in [0.15, 0.2) is 0 Å². The van der Waals surface area contributed by atoms with Gasteiger partial charge in [0.05, 0.1) is 42.5 Å². The third-order valence-corrected chi connectivity index (χ3v) is 6.22. The number of carbonyl (C=O) groups excluding carboxylic acids is 1. The molecule has 1 aliphatic rings. The highest BCUT2D eigenvalue weighted by Crippen LogP contribution is 2.33. The van der Waals surface area contributed by atoms with E-state index in [1.165, 1.54) is 6.92 Å². The van der Waals surface area contributed by atoms with E-state index in [2.05, 4.69) is 20.3 Å². The second kappa shape index (κ2) is 10.00. The van der Waals surface area contributed by atoms with Crippen molar-refractivity contribution in [1.29, 1.82) is 0 Å². The largest absolute Gasteiger partial charge is 0.494 e. The average molecular weight is 509 g/mol. The summed E-state index contributed by atoms with van der Waals surface area (Å²) in [5.41, 5.74) is 2.73. The van der Waals surface area contributed by atoms with Crippen molar-refractivity contribution in [3.05, 3.63) is 60.0 Å². The van der Waals surface area contributed by atoms with Crippen LogP contribution in [-0.4, -0.2) is 67.7 Å². The summed E-state index contributed by atoms with van der Waals surface area (Å²) in [6, 6.07) is 11.1. The third-order valence-electron chi connectivity index (χ3n) is 5.94. The van der Waals surface area contributed by atoms with Gasteiger partial charge in [-0.25, -0.2) is 15.0 Å². The Morgan fingerprint density at radius 2 is 2.11 bits per heavy atom. The molecule has 0 saturated carbocycles. The number of ether oxygens (including phenoxy) is 2. The van der Waals surface area contributed by atoms with Crippen LogP contribution in [-0.2, 0) is 4.79 Å². The van der Waals surface area contributed by atoms with E-state index >= 15 is 0 Å². The number of aromatic nitrogens is 4. The molecule has 4 heterocycles. The number of carbonyl (C=O) groups is 1. The molecule has 0 radical (unpaired) electrons. The summed E-state index contributed by atoms with van der Waals surface area (Å²) in [5.74, 6) is 1.20. The SMILES string of the molecule is COc1cc(O[C@H]2CCN(C(=O)C(C)O)C2)ccc1Nc1ncc(Cl)c(-c2cnc3ccccn23)n1. The molecule has 1 unspecified atom stereocenters. The number of nitrogens with one attached hydrogen (secondary N) is 1. The fraction of sp³-hybridized carbons (Fsp3) is 0.280. The Morgan fingerprint density at radius 3 is 2.92 bits per heavy atom. The van der Waals surface area contributed by atoms with Gasteiger partial charge < -0.3 is 24.8 Å². The highest BCUT2D eigenvalue weighted by molar-refractivity contribution is 6.32. The first-order valence-corrected chi connectivity index (χ1v) is 11.8. The van der Waals surface area contributed by atoms with E-state index in [-0.39, 0.29) is 12.0 Å². The number of likely N-dealkylation sites (tertiary alicyclic amines) is 1. The number of benzene rings is 1. The lowest BCUT2D eigenvalue weighted by Gasteiger charge is -2.19. The van der Waals surface area contributed by atoms with E-state index in [1.807, 2.05) is 40.9 Å². The van der Waals surface area contributed by atoms with Gasteiger partial charge in [-0.05, 0) is 31.2 Å². The van der Waals surface area contributed by atoms with Gasteiger partial charge in [-0.3, -0.25) is 9.20 Å².